The van der Waals surface area contributed by atoms with Gasteiger partial charge < -0.3 is 15.3 Å². The molecule has 0 aromatic carbocycles. The summed E-state index contributed by atoms with van der Waals surface area (Å²) >= 11 is 0. The summed E-state index contributed by atoms with van der Waals surface area (Å²) in [6.07, 6.45) is 3.67. The monoisotopic (exact) mass is 270 g/mol. The SMILES string of the molecule is CCC(CNC(=O)N1CCCC(C)(C)CC1)C(=O)O. The van der Waals surface area contributed by atoms with Crippen LogP contribution in [0.25, 0.3) is 0 Å². The van der Waals surface area contributed by atoms with Gasteiger partial charge in [-0.05, 0) is 31.1 Å². The van der Waals surface area contributed by atoms with Crippen molar-refractivity contribution in [2.45, 2.75) is 46.5 Å². The zero-order chi connectivity index (χ0) is 14.5. The zero-order valence-corrected chi connectivity index (χ0v) is 12.2. The Balaban J connectivity index is 2.43. The Hall–Kier alpha value is -1.26. The molecule has 1 fully saturated rings. The number of carboxylic acid groups (broad SMARTS) is 1. The summed E-state index contributed by atoms with van der Waals surface area (Å²) in [5.41, 5.74) is 0.294. The van der Waals surface area contributed by atoms with E-state index in [-0.39, 0.29) is 12.6 Å². The van der Waals surface area contributed by atoms with Crippen molar-refractivity contribution in [2.75, 3.05) is 19.6 Å². The van der Waals surface area contributed by atoms with Crippen molar-refractivity contribution in [3.05, 3.63) is 0 Å². The molecule has 1 rings (SSSR count). The van der Waals surface area contributed by atoms with Crippen LogP contribution < -0.4 is 5.32 Å². The van der Waals surface area contributed by atoms with E-state index >= 15 is 0 Å². The summed E-state index contributed by atoms with van der Waals surface area (Å²) < 4.78 is 0. The van der Waals surface area contributed by atoms with Gasteiger partial charge in [0.05, 0.1) is 5.92 Å². The first-order valence-corrected chi connectivity index (χ1v) is 7.11. The summed E-state index contributed by atoms with van der Waals surface area (Å²) in [6.45, 7) is 8.00. The van der Waals surface area contributed by atoms with Gasteiger partial charge in [0.25, 0.3) is 0 Å². The molecule has 2 amide bonds. The number of carbonyl (C=O) groups is 2. The molecule has 2 N–H and O–H groups in total. The zero-order valence-electron chi connectivity index (χ0n) is 12.2. The van der Waals surface area contributed by atoms with Gasteiger partial charge in [-0.3, -0.25) is 4.79 Å². The van der Waals surface area contributed by atoms with Crippen molar-refractivity contribution in [1.29, 1.82) is 0 Å². The minimum absolute atomic E-state index is 0.127. The highest BCUT2D eigenvalue weighted by atomic mass is 16.4. The second-order valence-corrected chi connectivity index (χ2v) is 6.13. The molecule has 110 valence electrons. The van der Waals surface area contributed by atoms with Gasteiger partial charge >= 0.3 is 12.0 Å². The van der Waals surface area contributed by atoms with Gasteiger partial charge in [-0.2, -0.15) is 0 Å². The van der Waals surface area contributed by atoms with Gasteiger partial charge in [0.1, 0.15) is 0 Å². The highest BCUT2D eigenvalue weighted by Crippen LogP contribution is 2.29. The Morgan fingerprint density at radius 1 is 1.32 bits per heavy atom. The van der Waals surface area contributed by atoms with E-state index in [4.69, 9.17) is 5.11 Å². The molecule has 0 saturated carbocycles. The van der Waals surface area contributed by atoms with Gasteiger partial charge in [0.15, 0.2) is 0 Å². The fourth-order valence-corrected chi connectivity index (χ4v) is 2.35. The lowest BCUT2D eigenvalue weighted by atomic mass is 9.85. The quantitative estimate of drug-likeness (QED) is 0.823. The molecule has 1 aliphatic heterocycles. The maximum atomic E-state index is 12.0. The van der Waals surface area contributed by atoms with E-state index in [1.165, 1.54) is 0 Å². The van der Waals surface area contributed by atoms with Crippen LogP contribution in [0, 0.1) is 11.3 Å². The standard InChI is InChI=1S/C14H26N2O3/c1-4-11(12(17)18)10-15-13(19)16-8-5-6-14(2,3)7-9-16/h11H,4-10H2,1-3H3,(H,15,19)(H,17,18). The van der Waals surface area contributed by atoms with Gasteiger partial charge in [-0.1, -0.05) is 20.8 Å². The molecule has 5 heteroatoms. The van der Waals surface area contributed by atoms with Crippen LogP contribution in [-0.2, 0) is 4.79 Å². The number of nitrogens with one attached hydrogen (secondary N) is 1. The van der Waals surface area contributed by atoms with E-state index in [1.807, 2.05) is 11.8 Å². The summed E-state index contributed by atoms with van der Waals surface area (Å²) in [5, 5.41) is 11.7. The van der Waals surface area contributed by atoms with Crippen molar-refractivity contribution in [1.82, 2.24) is 10.2 Å². The summed E-state index contributed by atoms with van der Waals surface area (Å²) in [6, 6.07) is -0.127. The Morgan fingerprint density at radius 2 is 2.00 bits per heavy atom. The Morgan fingerprint density at radius 3 is 2.58 bits per heavy atom. The van der Waals surface area contributed by atoms with Crippen molar-refractivity contribution in [3.8, 4) is 0 Å². The van der Waals surface area contributed by atoms with Crippen molar-refractivity contribution >= 4 is 12.0 Å². The van der Waals surface area contributed by atoms with E-state index in [0.29, 0.717) is 11.8 Å². The van der Waals surface area contributed by atoms with Gasteiger partial charge in [-0.25, -0.2) is 4.79 Å². The number of amides is 2. The highest BCUT2D eigenvalue weighted by Gasteiger charge is 2.26. The molecule has 0 radical (unpaired) electrons. The number of aliphatic carboxylic acids is 1. The molecular weight excluding hydrogens is 244 g/mol. The topological polar surface area (TPSA) is 69.6 Å². The molecule has 1 atom stereocenters. The fourth-order valence-electron chi connectivity index (χ4n) is 2.35. The van der Waals surface area contributed by atoms with Crippen LogP contribution in [-0.4, -0.2) is 41.6 Å². The lowest BCUT2D eigenvalue weighted by Crippen LogP contribution is -2.43. The molecule has 1 unspecified atom stereocenters. The normalized spacial score (nSPS) is 20.5. The highest BCUT2D eigenvalue weighted by molar-refractivity contribution is 5.76. The number of urea groups is 1. The molecule has 0 bridgehead atoms. The summed E-state index contributed by atoms with van der Waals surface area (Å²) in [7, 11) is 0. The summed E-state index contributed by atoms with van der Waals surface area (Å²) in [4.78, 5) is 24.7. The average Bonchev–Trinajstić information content (AvgIpc) is 2.50. The lowest BCUT2D eigenvalue weighted by Gasteiger charge is -2.24. The maximum Gasteiger partial charge on any atom is 0.317 e. The number of carboxylic acids is 1. The molecule has 0 aromatic rings. The predicted molar refractivity (Wildman–Crippen MR) is 74.0 cm³/mol. The number of rotatable bonds is 4. The molecule has 5 nitrogen and oxygen atoms in total. The largest absolute Gasteiger partial charge is 0.481 e. The molecule has 1 aliphatic rings. The third kappa shape index (κ3) is 5.09. The molecular formula is C14H26N2O3. The maximum absolute atomic E-state index is 12.0. The van der Waals surface area contributed by atoms with Gasteiger partial charge in [0.2, 0.25) is 0 Å². The molecule has 0 aromatic heterocycles. The smallest absolute Gasteiger partial charge is 0.317 e. The molecule has 0 aliphatic carbocycles. The van der Waals surface area contributed by atoms with Crippen molar-refractivity contribution in [3.63, 3.8) is 0 Å². The number of carbonyl (C=O) groups excluding carboxylic acids is 1. The van der Waals surface area contributed by atoms with Crippen molar-refractivity contribution < 1.29 is 14.7 Å². The minimum Gasteiger partial charge on any atom is -0.481 e. The van der Waals surface area contributed by atoms with Crippen LogP contribution in [0.2, 0.25) is 0 Å². The van der Waals surface area contributed by atoms with Crippen LogP contribution in [0.5, 0.6) is 0 Å². The molecule has 19 heavy (non-hydrogen) atoms. The van der Waals surface area contributed by atoms with Gasteiger partial charge in [-0.15, -0.1) is 0 Å². The Bertz CT molecular complexity index is 329. The Labute approximate surface area is 115 Å². The van der Waals surface area contributed by atoms with E-state index in [9.17, 15) is 9.59 Å². The molecule has 0 spiro atoms. The van der Waals surface area contributed by atoms with E-state index in [2.05, 4.69) is 19.2 Å². The van der Waals surface area contributed by atoms with Crippen LogP contribution in [0.3, 0.4) is 0 Å². The average molecular weight is 270 g/mol. The number of hydrogen-bond donors (Lipinski definition) is 2. The van der Waals surface area contributed by atoms with E-state index < -0.39 is 11.9 Å². The summed E-state index contributed by atoms with van der Waals surface area (Å²) in [5.74, 6) is -1.34. The molecule has 1 heterocycles. The first-order chi connectivity index (χ1) is 8.85. The fraction of sp³-hybridized carbons (Fsp3) is 0.857. The number of hydrogen-bond acceptors (Lipinski definition) is 2. The first-order valence-electron chi connectivity index (χ1n) is 7.11. The minimum atomic E-state index is -0.847. The van der Waals surface area contributed by atoms with Crippen LogP contribution in [0.4, 0.5) is 4.79 Å². The lowest BCUT2D eigenvalue weighted by molar-refractivity contribution is -0.141. The number of nitrogens with zero attached hydrogens (tertiary/aromatic N) is 1. The number of likely N-dealkylation sites (tertiary alicyclic amines) is 1. The Kier molecular flexibility index (Phi) is 5.63. The van der Waals surface area contributed by atoms with Gasteiger partial charge in [0, 0.05) is 19.6 Å². The van der Waals surface area contributed by atoms with Crippen LogP contribution in [0.15, 0.2) is 0 Å². The predicted octanol–water partition coefficient (Wildman–Crippen LogP) is 2.32. The van der Waals surface area contributed by atoms with Crippen molar-refractivity contribution in [2.24, 2.45) is 11.3 Å². The van der Waals surface area contributed by atoms with Crippen LogP contribution in [0.1, 0.15) is 46.5 Å². The second-order valence-electron chi connectivity index (χ2n) is 6.13. The third-order valence-electron chi connectivity index (χ3n) is 3.97. The van der Waals surface area contributed by atoms with E-state index in [0.717, 1.165) is 32.4 Å². The van der Waals surface area contributed by atoms with Crippen LogP contribution >= 0.6 is 0 Å². The second kappa shape index (κ2) is 6.78. The third-order valence-corrected chi connectivity index (χ3v) is 3.97. The van der Waals surface area contributed by atoms with E-state index in [1.54, 1.807) is 0 Å². The molecule has 1 saturated heterocycles. The first kappa shape index (κ1) is 15.8.